The van der Waals surface area contributed by atoms with Crippen LogP contribution in [0.1, 0.15) is 58.2 Å². The molecule has 5 nitrogen and oxygen atoms in total. The lowest BCUT2D eigenvalue weighted by molar-refractivity contribution is -0.112. The van der Waals surface area contributed by atoms with Crippen LogP contribution in [0.4, 0.5) is 5.69 Å². The largest absolute Gasteiger partial charge is 0.508 e. The summed E-state index contributed by atoms with van der Waals surface area (Å²) in [5, 5.41) is 32.3. The summed E-state index contributed by atoms with van der Waals surface area (Å²) in [5.41, 5.74) is 1.99. The second-order valence-corrected chi connectivity index (χ2v) is 9.14. The highest BCUT2D eigenvalue weighted by Crippen LogP contribution is 2.40. The number of nitriles is 1. The van der Waals surface area contributed by atoms with E-state index in [0.717, 1.165) is 11.1 Å². The van der Waals surface area contributed by atoms with Crippen molar-refractivity contribution in [3.63, 3.8) is 0 Å². The number of phenolic OH excluding ortho intramolecular Hbond substituents is 2. The number of benzene rings is 2. The standard InChI is InChI=1S/C24H28N2O3/c1-23(2,3)19-12-15(13-20(21(19)28)24(4,5)6)11-16(14-25)22(29)26-17-7-9-18(27)10-8-17/h7-13,27-28H,1-6H3,(H,26,29). The van der Waals surface area contributed by atoms with E-state index in [1.807, 2.05) is 59.7 Å². The Balaban J connectivity index is 2.50. The molecule has 0 unspecified atom stereocenters. The summed E-state index contributed by atoms with van der Waals surface area (Å²) in [6.45, 7) is 12.0. The maximum atomic E-state index is 12.5. The molecule has 0 spiro atoms. The Morgan fingerprint density at radius 1 is 0.966 bits per heavy atom. The molecule has 0 atom stereocenters. The molecular weight excluding hydrogens is 364 g/mol. The molecule has 0 saturated carbocycles. The van der Waals surface area contributed by atoms with Gasteiger partial charge in [-0.1, -0.05) is 41.5 Å². The van der Waals surface area contributed by atoms with Gasteiger partial charge in [0.25, 0.3) is 5.91 Å². The lowest BCUT2D eigenvalue weighted by Crippen LogP contribution is -2.18. The molecule has 2 rings (SSSR count). The minimum absolute atomic E-state index is 0.0523. The van der Waals surface area contributed by atoms with Crippen molar-refractivity contribution in [2.75, 3.05) is 5.32 Å². The number of anilines is 1. The van der Waals surface area contributed by atoms with Gasteiger partial charge in [-0.15, -0.1) is 0 Å². The van der Waals surface area contributed by atoms with Crippen LogP contribution in [-0.2, 0) is 15.6 Å². The number of carbonyl (C=O) groups is 1. The average molecular weight is 392 g/mol. The molecule has 0 fully saturated rings. The van der Waals surface area contributed by atoms with Gasteiger partial charge in [0.1, 0.15) is 23.1 Å². The van der Waals surface area contributed by atoms with Crippen molar-refractivity contribution in [2.45, 2.75) is 52.4 Å². The monoisotopic (exact) mass is 392 g/mol. The molecule has 152 valence electrons. The van der Waals surface area contributed by atoms with Crippen molar-refractivity contribution in [3.8, 4) is 17.6 Å². The predicted molar refractivity (Wildman–Crippen MR) is 116 cm³/mol. The van der Waals surface area contributed by atoms with Crippen LogP contribution in [0.5, 0.6) is 11.5 Å². The van der Waals surface area contributed by atoms with E-state index in [0.29, 0.717) is 11.3 Å². The Labute approximate surface area is 172 Å². The number of carbonyl (C=O) groups excluding carboxylic acids is 1. The fourth-order valence-corrected chi connectivity index (χ4v) is 2.94. The van der Waals surface area contributed by atoms with E-state index in [9.17, 15) is 20.3 Å². The van der Waals surface area contributed by atoms with Crippen LogP contribution in [0.25, 0.3) is 6.08 Å². The molecular formula is C24H28N2O3. The number of amides is 1. The highest BCUT2D eigenvalue weighted by Gasteiger charge is 2.26. The average Bonchev–Trinajstić information content (AvgIpc) is 2.60. The van der Waals surface area contributed by atoms with Gasteiger partial charge < -0.3 is 15.5 Å². The summed E-state index contributed by atoms with van der Waals surface area (Å²) in [4.78, 5) is 12.5. The maximum Gasteiger partial charge on any atom is 0.266 e. The Kier molecular flexibility index (Phi) is 6.08. The van der Waals surface area contributed by atoms with Gasteiger partial charge in [-0.3, -0.25) is 4.79 Å². The Bertz CT molecular complexity index is 948. The first-order valence-electron chi connectivity index (χ1n) is 9.43. The quantitative estimate of drug-likeness (QED) is 0.378. The molecule has 0 aliphatic rings. The summed E-state index contributed by atoms with van der Waals surface area (Å²) in [5.74, 6) is -0.206. The molecule has 0 radical (unpaired) electrons. The van der Waals surface area contributed by atoms with Crippen LogP contribution < -0.4 is 5.32 Å². The van der Waals surface area contributed by atoms with Crippen molar-refractivity contribution >= 4 is 17.7 Å². The summed E-state index contributed by atoms with van der Waals surface area (Å²) in [7, 11) is 0. The van der Waals surface area contributed by atoms with Crippen molar-refractivity contribution in [1.82, 2.24) is 0 Å². The number of nitrogens with one attached hydrogen (secondary N) is 1. The minimum atomic E-state index is -0.541. The SMILES string of the molecule is CC(C)(C)c1cc(C=C(C#N)C(=O)Nc2ccc(O)cc2)cc(C(C)(C)C)c1O. The van der Waals surface area contributed by atoms with E-state index in [-0.39, 0.29) is 27.9 Å². The maximum absolute atomic E-state index is 12.5. The Hall–Kier alpha value is -3.26. The lowest BCUT2D eigenvalue weighted by Gasteiger charge is -2.28. The third-order valence-electron chi connectivity index (χ3n) is 4.55. The number of nitrogens with zero attached hydrogens (tertiary/aromatic N) is 1. The van der Waals surface area contributed by atoms with Crippen molar-refractivity contribution in [3.05, 3.63) is 58.7 Å². The van der Waals surface area contributed by atoms with Gasteiger partial charge in [-0.05, 0) is 58.9 Å². The zero-order valence-corrected chi connectivity index (χ0v) is 17.8. The van der Waals surface area contributed by atoms with Crippen LogP contribution >= 0.6 is 0 Å². The molecule has 0 aliphatic carbocycles. The molecule has 2 aromatic carbocycles. The van der Waals surface area contributed by atoms with Gasteiger partial charge >= 0.3 is 0 Å². The van der Waals surface area contributed by atoms with Gasteiger partial charge in [0, 0.05) is 16.8 Å². The summed E-state index contributed by atoms with van der Waals surface area (Å²) < 4.78 is 0. The van der Waals surface area contributed by atoms with Crippen LogP contribution in [0.2, 0.25) is 0 Å². The first-order chi connectivity index (χ1) is 13.3. The second kappa shape index (κ2) is 8.00. The van der Waals surface area contributed by atoms with E-state index in [2.05, 4.69) is 5.32 Å². The van der Waals surface area contributed by atoms with E-state index in [1.165, 1.54) is 18.2 Å². The fraction of sp³-hybridized carbons (Fsp3) is 0.333. The minimum Gasteiger partial charge on any atom is -0.508 e. The third-order valence-corrected chi connectivity index (χ3v) is 4.55. The van der Waals surface area contributed by atoms with Crippen molar-refractivity contribution in [1.29, 1.82) is 5.26 Å². The van der Waals surface area contributed by atoms with Crippen molar-refractivity contribution < 1.29 is 15.0 Å². The van der Waals surface area contributed by atoms with Crippen LogP contribution in [0.15, 0.2) is 42.0 Å². The topological polar surface area (TPSA) is 93.4 Å². The summed E-state index contributed by atoms with van der Waals surface area (Å²) in [6.07, 6.45) is 1.53. The molecule has 5 heteroatoms. The molecule has 29 heavy (non-hydrogen) atoms. The number of hydrogen-bond donors (Lipinski definition) is 3. The van der Waals surface area contributed by atoms with Crippen LogP contribution in [-0.4, -0.2) is 16.1 Å². The van der Waals surface area contributed by atoms with Gasteiger partial charge in [0.15, 0.2) is 0 Å². The first kappa shape index (κ1) is 22.0. The zero-order chi connectivity index (χ0) is 22.0. The van der Waals surface area contributed by atoms with Crippen LogP contribution in [0.3, 0.4) is 0 Å². The number of hydrogen-bond acceptors (Lipinski definition) is 4. The molecule has 1 amide bonds. The van der Waals surface area contributed by atoms with E-state index >= 15 is 0 Å². The van der Waals surface area contributed by atoms with Gasteiger partial charge in [-0.25, -0.2) is 0 Å². The summed E-state index contributed by atoms with van der Waals surface area (Å²) in [6, 6.07) is 11.6. The molecule has 0 heterocycles. The Morgan fingerprint density at radius 2 is 1.45 bits per heavy atom. The van der Waals surface area contributed by atoms with E-state index < -0.39 is 5.91 Å². The lowest BCUT2D eigenvalue weighted by atomic mass is 9.78. The Morgan fingerprint density at radius 3 is 1.86 bits per heavy atom. The predicted octanol–water partition coefficient (Wildman–Crippen LogP) is 5.24. The van der Waals surface area contributed by atoms with E-state index in [4.69, 9.17) is 0 Å². The normalized spacial score (nSPS) is 12.4. The second-order valence-electron chi connectivity index (χ2n) is 9.14. The highest BCUT2D eigenvalue weighted by molar-refractivity contribution is 6.09. The molecule has 3 N–H and O–H groups in total. The van der Waals surface area contributed by atoms with Crippen LogP contribution in [0, 0.1) is 11.3 Å². The highest BCUT2D eigenvalue weighted by atomic mass is 16.3. The summed E-state index contributed by atoms with van der Waals surface area (Å²) >= 11 is 0. The van der Waals surface area contributed by atoms with Crippen molar-refractivity contribution in [2.24, 2.45) is 0 Å². The van der Waals surface area contributed by atoms with E-state index in [1.54, 1.807) is 12.1 Å². The number of aromatic hydroxyl groups is 2. The fourth-order valence-electron chi connectivity index (χ4n) is 2.94. The van der Waals surface area contributed by atoms with Gasteiger partial charge in [0.05, 0.1) is 0 Å². The molecule has 0 aliphatic heterocycles. The number of phenols is 2. The smallest absolute Gasteiger partial charge is 0.266 e. The first-order valence-corrected chi connectivity index (χ1v) is 9.43. The molecule has 2 aromatic rings. The van der Waals surface area contributed by atoms with Gasteiger partial charge in [0.2, 0.25) is 0 Å². The molecule has 0 aromatic heterocycles. The number of rotatable bonds is 3. The molecule has 0 bridgehead atoms. The zero-order valence-electron chi connectivity index (χ0n) is 17.8. The molecule has 0 saturated heterocycles. The third kappa shape index (κ3) is 5.39. The van der Waals surface area contributed by atoms with Gasteiger partial charge in [-0.2, -0.15) is 5.26 Å².